The van der Waals surface area contributed by atoms with Crippen LogP contribution in [0.1, 0.15) is 56.1 Å². The molecule has 4 heteroatoms. The Morgan fingerprint density at radius 2 is 2.08 bits per heavy atom. The number of amides is 1. The second-order valence-electron chi connectivity index (χ2n) is 7.64. The van der Waals surface area contributed by atoms with Crippen molar-refractivity contribution in [2.24, 2.45) is 5.92 Å². The molecule has 1 amide bonds. The third kappa shape index (κ3) is 3.50. The Morgan fingerprint density at radius 3 is 2.77 bits per heavy atom. The lowest BCUT2D eigenvalue weighted by atomic mass is 9.93. The van der Waals surface area contributed by atoms with Crippen molar-refractivity contribution < 1.29 is 13.9 Å². The molecule has 1 heterocycles. The van der Waals surface area contributed by atoms with E-state index in [-0.39, 0.29) is 5.91 Å². The topological polar surface area (TPSA) is 51.5 Å². The van der Waals surface area contributed by atoms with Crippen LogP contribution in [0.4, 0.5) is 0 Å². The van der Waals surface area contributed by atoms with Crippen LogP contribution in [0.5, 0.6) is 5.75 Å². The van der Waals surface area contributed by atoms with Gasteiger partial charge in [0.05, 0.1) is 7.11 Å². The Morgan fingerprint density at radius 1 is 1.35 bits per heavy atom. The third-order valence-corrected chi connectivity index (χ3v) is 5.09. The number of allylic oxidation sites excluding steroid dienone is 1. The summed E-state index contributed by atoms with van der Waals surface area (Å²) in [5, 5.41) is 4.11. The van der Waals surface area contributed by atoms with Gasteiger partial charge in [0.15, 0.2) is 0 Å². The number of ether oxygens (including phenoxy) is 1. The van der Waals surface area contributed by atoms with E-state index in [2.05, 4.69) is 25.2 Å². The maximum Gasteiger partial charge on any atom is 0.244 e. The zero-order valence-electron chi connectivity index (χ0n) is 16.5. The van der Waals surface area contributed by atoms with E-state index >= 15 is 0 Å². The zero-order chi connectivity index (χ0) is 18.8. The summed E-state index contributed by atoms with van der Waals surface area (Å²) in [5.41, 5.74) is 5.12. The summed E-state index contributed by atoms with van der Waals surface area (Å²) in [4.78, 5) is 12.2. The van der Waals surface area contributed by atoms with Gasteiger partial charge in [-0.3, -0.25) is 4.79 Å². The van der Waals surface area contributed by atoms with Crippen molar-refractivity contribution in [2.75, 3.05) is 13.7 Å². The van der Waals surface area contributed by atoms with Crippen molar-refractivity contribution in [3.8, 4) is 5.75 Å². The molecule has 1 N–H and O–H groups in total. The first kappa shape index (κ1) is 18.6. The van der Waals surface area contributed by atoms with E-state index in [4.69, 9.17) is 9.15 Å². The number of aryl methyl sites for hydroxylation is 3. The number of carbonyl (C=O) groups is 1. The standard InChI is InChI=1S/C22H29NO3/c1-13(2)12-23-20(24)10-14(3)17-11-18-16-8-6-7-9-19(16)26-22(18)15(4)21(17)25-5/h10-11,13H,6-9,12H2,1-5H3,(H,23,24)/b14-10+. The monoisotopic (exact) mass is 355 g/mol. The van der Waals surface area contributed by atoms with E-state index < -0.39 is 0 Å². The average molecular weight is 355 g/mol. The van der Waals surface area contributed by atoms with Crippen molar-refractivity contribution in [3.63, 3.8) is 0 Å². The second-order valence-corrected chi connectivity index (χ2v) is 7.64. The van der Waals surface area contributed by atoms with Gasteiger partial charge in [-0.25, -0.2) is 0 Å². The Kier molecular flexibility index (Phi) is 5.40. The largest absolute Gasteiger partial charge is 0.496 e. The number of fused-ring (bicyclic) bond motifs is 3. The highest BCUT2D eigenvalue weighted by Crippen LogP contribution is 2.40. The molecule has 0 radical (unpaired) electrons. The molecule has 0 atom stereocenters. The smallest absolute Gasteiger partial charge is 0.244 e. The Bertz CT molecular complexity index is 858. The molecule has 140 valence electrons. The quantitative estimate of drug-likeness (QED) is 0.784. The average Bonchev–Trinajstić information content (AvgIpc) is 2.99. The van der Waals surface area contributed by atoms with Crippen molar-refractivity contribution in [1.29, 1.82) is 0 Å². The highest BCUT2D eigenvalue weighted by atomic mass is 16.5. The van der Waals surface area contributed by atoms with Crippen molar-refractivity contribution in [3.05, 3.63) is 34.6 Å². The predicted octanol–water partition coefficient (Wildman–Crippen LogP) is 4.80. The van der Waals surface area contributed by atoms with Crippen LogP contribution in [0.3, 0.4) is 0 Å². The van der Waals surface area contributed by atoms with Crippen LogP contribution in [0.25, 0.3) is 16.5 Å². The van der Waals surface area contributed by atoms with E-state index in [1.807, 2.05) is 13.8 Å². The van der Waals surface area contributed by atoms with Gasteiger partial charge in [-0.1, -0.05) is 13.8 Å². The SMILES string of the molecule is COc1c(/C(C)=C/C(=O)NCC(C)C)cc2c3c(oc2c1C)CCCC3. The number of furan rings is 1. The number of benzene rings is 1. The molecule has 1 aromatic carbocycles. The van der Waals surface area contributed by atoms with Gasteiger partial charge in [0.25, 0.3) is 0 Å². The van der Waals surface area contributed by atoms with Gasteiger partial charge in [-0.05, 0) is 50.7 Å². The predicted molar refractivity (Wildman–Crippen MR) is 106 cm³/mol. The summed E-state index contributed by atoms with van der Waals surface area (Å²) in [6.07, 6.45) is 6.12. The number of nitrogens with one attached hydrogen (secondary N) is 1. The summed E-state index contributed by atoms with van der Waals surface area (Å²) in [5.74, 6) is 2.27. The van der Waals surface area contributed by atoms with Crippen LogP contribution < -0.4 is 10.1 Å². The third-order valence-electron chi connectivity index (χ3n) is 5.09. The van der Waals surface area contributed by atoms with Crippen LogP contribution in [-0.4, -0.2) is 19.6 Å². The highest BCUT2D eigenvalue weighted by Gasteiger charge is 2.23. The number of methoxy groups -OCH3 is 1. The molecule has 1 aromatic heterocycles. The fourth-order valence-electron chi connectivity index (χ4n) is 3.72. The summed E-state index contributed by atoms with van der Waals surface area (Å²) >= 11 is 0. The van der Waals surface area contributed by atoms with Crippen LogP contribution in [0.2, 0.25) is 0 Å². The van der Waals surface area contributed by atoms with E-state index in [1.54, 1.807) is 13.2 Å². The first-order chi connectivity index (χ1) is 12.4. The molecule has 0 unspecified atom stereocenters. The van der Waals surface area contributed by atoms with Gasteiger partial charge >= 0.3 is 0 Å². The minimum absolute atomic E-state index is 0.0646. The first-order valence-corrected chi connectivity index (χ1v) is 9.50. The summed E-state index contributed by atoms with van der Waals surface area (Å²) in [7, 11) is 1.67. The van der Waals surface area contributed by atoms with Gasteiger partial charge in [-0.2, -0.15) is 0 Å². The first-order valence-electron chi connectivity index (χ1n) is 9.50. The number of rotatable bonds is 5. The molecule has 1 aliphatic rings. The lowest BCUT2D eigenvalue weighted by molar-refractivity contribution is -0.116. The fourth-order valence-corrected chi connectivity index (χ4v) is 3.72. The summed E-state index contributed by atoms with van der Waals surface area (Å²) < 4.78 is 11.9. The molecule has 0 saturated carbocycles. The number of hydrogen-bond donors (Lipinski definition) is 1. The van der Waals surface area contributed by atoms with Crippen molar-refractivity contribution in [1.82, 2.24) is 5.32 Å². The molecule has 4 nitrogen and oxygen atoms in total. The van der Waals surface area contributed by atoms with E-state index in [9.17, 15) is 4.79 Å². The van der Waals surface area contributed by atoms with Crippen LogP contribution in [0, 0.1) is 12.8 Å². The van der Waals surface area contributed by atoms with Gasteiger partial charge in [0.2, 0.25) is 5.91 Å². The summed E-state index contributed by atoms with van der Waals surface area (Å²) in [6, 6.07) is 2.14. The molecule has 3 rings (SSSR count). The molecular formula is C22H29NO3. The Labute approximate surface area is 155 Å². The van der Waals surface area contributed by atoms with E-state index in [0.29, 0.717) is 12.5 Å². The van der Waals surface area contributed by atoms with Crippen molar-refractivity contribution in [2.45, 2.75) is 53.4 Å². The van der Waals surface area contributed by atoms with Crippen LogP contribution in [0.15, 0.2) is 16.6 Å². The van der Waals surface area contributed by atoms with Gasteiger partial charge in [0, 0.05) is 41.1 Å². The Balaban J connectivity index is 2.05. The van der Waals surface area contributed by atoms with Gasteiger partial charge < -0.3 is 14.5 Å². The molecule has 0 bridgehead atoms. The maximum absolute atomic E-state index is 12.2. The van der Waals surface area contributed by atoms with Gasteiger partial charge in [-0.15, -0.1) is 0 Å². The molecule has 0 spiro atoms. The fraction of sp³-hybridized carbons (Fsp3) is 0.500. The lowest BCUT2D eigenvalue weighted by Crippen LogP contribution is -2.25. The molecular weight excluding hydrogens is 326 g/mol. The summed E-state index contributed by atoms with van der Waals surface area (Å²) in [6.45, 7) is 8.84. The number of hydrogen-bond acceptors (Lipinski definition) is 3. The Hall–Kier alpha value is -2.23. The molecule has 0 aliphatic heterocycles. The molecule has 26 heavy (non-hydrogen) atoms. The number of carbonyl (C=O) groups excluding carboxylic acids is 1. The minimum atomic E-state index is -0.0646. The molecule has 1 aliphatic carbocycles. The van der Waals surface area contributed by atoms with Crippen molar-refractivity contribution >= 4 is 22.4 Å². The normalized spacial score (nSPS) is 14.6. The highest BCUT2D eigenvalue weighted by molar-refractivity contribution is 5.98. The van der Waals surface area contributed by atoms with E-state index in [1.165, 1.54) is 23.8 Å². The molecule has 0 saturated heterocycles. The minimum Gasteiger partial charge on any atom is -0.496 e. The van der Waals surface area contributed by atoms with Crippen LogP contribution in [-0.2, 0) is 17.6 Å². The second kappa shape index (κ2) is 7.56. The molecule has 2 aromatic rings. The zero-order valence-corrected chi connectivity index (χ0v) is 16.5. The maximum atomic E-state index is 12.2. The van der Waals surface area contributed by atoms with Crippen LogP contribution >= 0.6 is 0 Å². The van der Waals surface area contributed by atoms with E-state index in [0.717, 1.165) is 46.6 Å². The molecule has 0 fully saturated rings. The lowest BCUT2D eigenvalue weighted by Gasteiger charge is -2.14. The van der Waals surface area contributed by atoms with Gasteiger partial charge in [0.1, 0.15) is 17.1 Å².